The van der Waals surface area contributed by atoms with E-state index in [0.29, 0.717) is 12.1 Å². The molecule has 2 N–H and O–H groups in total. The maximum atomic E-state index is 13.5. The second-order valence-corrected chi connectivity index (χ2v) is 4.88. The molecule has 1 aromatic carbocycles. The highest BCUT2D eigenvalue weighted by Gasteiger charge is 2.31. The monoisotopic (exact) mass is 306 g/mol. The van der Waals surface area contributed by atoms with Gasteiger partial charge in [0.05, 0.1) is 11.3 Å². The fraction of sp³-hybridized carbons (Fsp3) is 0.500. The van der Waals surface area contributed by atoms with Gasteiger partial charge in [-0.3, -0.25) is 4.79 Å². The summed E-state index contributed by atoms with van der Waals surface area (Å²) in [5, 5.41) is 5.13. The number of hydrogen-bond donors (Lipinski definition) is 2. The van der Waals surface area contributed by atoms with Crippen molar-refractivity contribution >= 4 is 11.6 Å². The average molecular weight is 306 g/mol. The largest absolute Gasteiger partial charge is 0.416 e. The number of halogens is 4. The van der Waals surface area contributed by atoms with Crippen LogP contribution >= 0.6 is 0 Å². The van der Waals surface area contributed by atoms with Gasteiger partial charge in [0, 0.05) is 6.04 Å². The molecule has 0 aliphatic rings. The molecule has 2 atom stereocenters. The molecule has 7 heteroatoms. The van der Waals surface area contributed by atoms with Gasteiger partial charge in [0.15, 0.2) is 0 Å². The molecular weight excluding hydrogens is 288 g/mol. The molecule has 0 bridgehead atoms. The van der Waals surface area contributed by atoms with Crippen molar-refractivity contribution in [3.8, 4) is 0 Å². The standard InChI is InChI=1S/C14H18F4N2O/c1-4-8(2)19-13(21)9(3)20-12-7-10(14(16,17)18)5-6-11(12)15/h5-9,20H,4H2,1-3H3,(H,19,21). The molecule has 0 saturated heterocycles. The summed E-state index contributed by atoms with van der Waals surface area (Å²) in [5.41, 5.74) is -1.32. The van der Waals surface area contributed by atoms with E-state index in [-0.39, 0.29) is 11.7 Å². The maximum absolute atomic E-state index is 13.5. The maximum Gasteiger partial charge on any atom is 0.416 e. The Morgan fingerprint density at radius 3 is 2.43 bits per heavy atom. The Balaban J connectivity index is 2.84. The van der Waals surface area contributed by atoms with Crippen molar-refractivity contribution in [2.75, 3.05) is 5.32 Å². The zero-order valence-electron chi connectivity index (χ0n) is 12.0. The predicted molar refractivity (Wildman–Crippen MR) is 72.4 cm³/mol. The Hall–Kier alpha value is -1.79. The van der Waals surface area contributed by atoms with Crippen molar-refractivity contribution in [1.29, 1.82) is 0 Å². The van der Waals surface area contributed by atoms with Crippen molar-refractivity contribution in [2.45, 2.75) is 45.5 Å². The molecule has 2 unspecified atom stereocenters. The van der Waals surface area contributed by atoms with Gasteiger partial charge in [-0.05, 0) is 38.5 Å². The number of nitrogens with one attached hydrogen (secondary N) is 2. The lowest BCUT2D eigenvalue weighted by molar-refractivity contribution is -0.137. The van der Waals surface area contributed by atoms with E-state index in [1.807, 2.05) is 6.92 Å². The van der Waals surface area contributed by atoms with Gasteiger partial charge in [-0.2, -0.15) is 13.2 Å². The average Bonchev–Trinajstić information content (AvgIpc) is 2.39. The minimum atomic E-state index is -4.56. The van der Waals surface area contributed by atoms with Gasteiger partial charge in [-0.25, -0.2) is 4.39 Å². The zero-order chi connectivity index (χ0) is 16.2. The first-order valence-electron chi connectivity index (χ1n) is 6.58. The lowest BCUT2D eigenvalue weighted by atomic mass is 10.1. The molecule has 118 valence electrons. The van der Waals surface area contributed by atoms with Crippen LogP contribution in [0, 0.1) is 5.82 Å². The van der Waals surface area contributed by atoms with Crippen molar-refractivity contribution in [3.63, 3.8) is 0 Å². The van der Waals surface area contributed by atoms with E-state index in [4.69, 9.17) is 0 Å². The molecule has 0 spiro atoms. The van der Waals surface area contributed by atoms with Crippen LogP contribution in [0.25, 0.3) is 0 Å². The minimum absolute atomic E-state index is 0.0619. The number of hydrogen-bond acceptors (Lipinski definition) is 2. The first-order valence-corrected chi connectivity index (χ1v) is 6.58. The Morgan fingerprint density at radius 2 is 1.90 bits per heavy atom. The zero-order valence-corrected chi connectivity index (χ0v) is 12.0. The van der Waals surface area contributed by atoms with E-state index in [1.54, 1.807) is 6.92 Å². The molecule has 1 amide bonds. The Morgan fingerprint density at radius 1 is 1.29 bits per heavy atom. The number of carbonyl (C=O) groups is 1. The molecular formula is C14H18F4N2O. The summed E-state index contributed by atoms with van der Waals surface area (Å²) in [6.45, 7) is 5.14. The molecule has 0 fully saturated rings. The van der Waals surface area contributed by atoms with E-state index in [9.17, 15) is 22.4 Å². The summed E-state index contributed by atoms with van der Waals surface area (Å²) >= 11 is 0. The molecule has 0 radical (unpaired) electrons. The van der Waals surface area contributed by atoms with Crippen LogP contribution in [0.15, 0.2) is 18.2 Å². The number of anilines is 1. The van der Waals surface area contributed by atoms with Gasteiger partial charge in [0.1, 0.15) is 11.9 Å². The van der Waals surface area contributed by atoms with E-state index in [2.05, 4.69) is 10.6 Å². The van der Waals surface area contributed by atoms with Gasteiger partial charge in [-0.1, -0.05) is 6.92 Å². The Kier molecular flexibility index (Phi) is 5.57. The molecule has 1 aromatic rings. The third-order valence-corrected chi connectivity index (χ3v) is 3.06. The van der Waals surface area contributed by atoms with Crippen LogP contribution in [0.3, 0.4) is 0 Å². The van der Waals surface area contributed by atoms with E-state index < -0.39 is 29.5 Å². The smallest absolute Gasteiger partial charge is 0.372 e. The number of carbonyl (C=O) groups excluding carboxylic acids is 1. The summed E-state index contributed by atoms with van der Waals surface area (Å²) < 4.78 is 51.3. The summed E-state index contributed by atoms with van der Waals surface area (Å²) in [6, 6.07) is 1.13. The van der Waals surface area contributed by atoms with Gasteiger partial charge >= 0.3 is 6.18 Å². The second-order valence-electron chi connectivity index (χ2n) is 4.88. The van der Waals surface area contributed by atoms with E-state index in [1.165, 1.54) is 6.92 Å². The fourth-order valence-electron chi connectivity index (χ4n) is 1.58. The van der Waals surface area contributed by atoms with Gasteiger partial charge in [0.2, 0.25) is 5.91 Å². The molecule has 0 aromatic heterocycles. The number of amides is 1. The highest BCUT2D eigenvalue weighted by atomic mass is 19.4. The first-order chi connectivity index (χ1) is 9.65. The minimum Gasteiger partial charge on any atom is -0.372 e. The van der Waals surface area contributed by atoms with Crippen LogP contribution < -0.4 is 10.6 Å². The second kappa shape index (κ2) is 6.78. The van der Waals surface area contributed by atoms with Crippen molar-refractivity contribution < 1.29 is 22.4 Å². The van der Waals surface area contributed by atoms with Crippen LogP contribution in [0.2, 0.25) is 0 Å². The topological polar surface area (TPSA) is 41.1 Å². The summed E-state index contributed by atoms with van der Waals surface area (Å²) in [4.78, 5) is 11.8. The molecule has 1 rings (SSSR count). The summed E-state index contributed by atoms with van der Waals surface area (Å²) in [5.74, 6) is -1.24. The summed E-state index contributed by atoms with van der Waals surface area (Å²) in [7, 11) is 0. The molecule has 3 nitrogen and oxygen atoms in total. The van der Waals surface area contributed by atoms with E-state index in [0.717, 1.165) is 12.5 Å². The van der Waals surface area contributed by atoms with Crippen LogP contribution in [0.4, 0.5) is 23.2 Å². The first kappa shape index (κ1) is 17.3. The SMILES string of the molecule is CCC(C)NC(=O)C(C)Nc1cc(C(F)(F)F)ccc1F. The normalized spacial score (nSPS) is 14.4. The molecule has 21 heavy (non-hydrogen) atoms. The van der Waals surface area contributed by atoms with Gasteiger partial charge < -0.3 is 10.6 Å². The number of benzene rings is 1. The molecule has 0 aliphatic carbocycles. The highest BCUT2D eigenvalue weighted by molar-refractivity contribution is 5.84. The third-order valence-electron chi connectivity index (χ3n) is 3.06. The van der Waals surface area contributed by atoms with Crippen molar-refractivity contribution in [3.05, 3.63) is 29.6 Å². The molecule has 0 heterocycles. The quantitative estimate of drug-likeness (QED) is 0.817. The predicted octanol–water partition coefficient (Wildman–Crippen LogP) is 3.56. The van der Waals surface area contributed by atoms with Crippen LogP contribution in [-0.4, -0.2) is 18.0 Å². The van der Waals surface area contributed by atoms with E-state index >= 15 is 0 Å². The number of rotatable bonds is 5. The van der Waals surface area contributed by atoms with Crippen LogP contribution in [-0.2, 0) is 11.0 Å². The third kappa shape index (κ3) is 4.91. The van der Waals surface area contributed by atoms with Crippen molar-refractivity contribution in [1.82, 2.24) is 5.32 Å². The Bertz CT molecular complexity index is 502. The lowest BCUT2D eigenvalue weighted by Crippen LogP contribution is -2.42. The lowest BCUT2D eigenvalue weighted by Gasteiger charge is -2.19. The van der Waals surface area contributed by atoms with Gasteiger partial charge in [0.25, 0.3) is 0 Å². The summed E-state index contributed by atoms with van der Waals surface area (Å²) in [6.07, 6.45) is -3.84. The van der Waals surface area contributed by atoms with Gasteiger partial charge in [-0.15, -0.1) is 0 Å². The Labute approximate surface area is 120 Å². The highest BCUT2D eigenvalue weighted by Crippen LogP contribution is 2.31. The molecule has 0 saturated carbocycles. The van der Waals surface area contributed by atoms with Crippen LogP contribution in [0.1, 0.15) is 32.8 Å². The fourth-order valence-corrected chi connectivity index (χ4v) is 1.58. The molecule has 0 aliphatic heterocycles. The number of alkyl halides is 3. The van der Waals surface area contributed by atoms with Crippen molar-refractivity contribution in [2.24, 2.45) is 0 Å². The van der Waals surface area contributed by atoms with Crippen LogP contribution in [0.5, 0.6) is 0 Å².